The van der Waals surface area contributed by atoms with Crippen LogP contribution >= 0.6 is 0 Å². The van der Waals surface area contributed by atoms with Gasteiger partial charge in [0.05, 0.1) is 5.69 Å². The Balaban J connectivity index is 1.04. The molecule has 4 fully saturated rings. The van der Waals surface area contributed by atoms with E-state index in [2.05, 4.69) is 72.7 Å². The van der Waals surface area contributed by atoms with Crippen molar-refractivity contribution in [1.29, 1.82) is 0 Å². The number of hydrogen-bond donors (Lipinski definition) is 4. The van der Waals surface area contributed by atoms with E-state index in [-0.39, 0.29) is 11.7 Å². The van der Waals surface area contributed by atoms with Crippen LogP contribution in [-0.2, 0) is 4.74 Å². The molecule has 0 saturated carbocycles. The van der Waals surface area contributed by atoms with Crippen LogP contribution in [-0.4, -0.2) is 107 Å². The molecule has 1 spiro atoms. The summed E-state index contributed by atoms with van der Waals surface area (Å²) < 4.78 is 5.53. The van der Waals surface area contributed by atoms with E-state index in [1.807, 2.05) is 0 Å². The average molecular weight is 615 g/mol. The third-order valence-electron chi connectivity index (χ3n) is 10.3. The van der Waals surface area contributed by atoms with Gasteiger partial charge in [-0.2, -0.15) is 5.10 Å². The fourth-order valence-corrected chi connectivity index (χ4v) is 7.88. The smallest absolute Gasteiger partial charge is 0.271 e. The number of benzene rings is 1. The lowest BCUT2D eigenvalue weighted by molar-refractivity contribution is -0.0419. The Hall–Kier alpha value is -3.74. The van der Waals surface area contributed by atoms with Crippen LogP contribution in [0.4, 0.5) is 23.0 Å². The predicted octanol–water partition coefficient (Wildman–Crippen LogP) is 3.60. The number of nitrogens with one attached hydrogen (secondary N) is 3. The lowest BCUT2D eigenvalue weighted by Gasteiger charge is -2.54. The minimum atomic E-state index is -0.650. The highest BCUT2D eigenvalue weighted by atomic mass is 16.5. The third kappa shape index (κ3) is 6.36. The summed E-state index contributed by atoms with van der Waals surface area (Å²) in [5.74, 6) is 0.243. The van der Waals surface area contributed by atoms with Crippen LogP contribution in [0.2, 0.25) is 0 Å². The third-order valence-corrected chi connectivity index (χ3v) is 10.3. The number of aryl methyl sites for hydroxylation is 1. The second-order valence-electron chi connectivity index (χ2n) is 13.5. The first-order chi connectivity index (χ1) is 21.9. The van der Waals surface area contributed by atoms with Crippen molar-refractivity contribution in [3.8, 4) is 11.4 Å². The summed E-state index contributed by atoms with van der Waals surface area (Å²) in [5.41, 5.74) is 10.9. The molecule has 240 valence electrons. The topological polar surface area (TPSA) is 141 Å². The number of H-pyrrole nitrogens is 1. The molecule has 0 atom stereocenters. The van der Waals surface area contributed by atoms with Gasteiger partial charge in [0, 0.05) is 69.0 Å². The van der Waals surface area contributed by atoms with Gasteiger partial charge in [-0.1, -0.05) is 0 Å². The number of piperidine rings is 2. The lowest BCUT2D eigenvalue weighted by atomic mass is 9.72. The Kier molecular flexibility index (Phi) is 8.36. The van der Waals surface area contributed by atoms with Crippen molar-refractivity contribution < 1.29 is 9.53 Å². The Labute approximate surface area is 265 Å². The molecule has 6 heterocycles. The molecular formula is C33H46N10O2. The van der Waals surface area contributed by atoms with Gasteiger partial charge in [0.1, 0.15) is 5.69 Å². The highest BCUT2D eigenvalue weighted by molar-refractivity contribution is 5.97. The number of carbonyl (C=O) groups is 1. The molecule has 3 aromatic rings. The number of primary amides is 1. The van der Waals surface area contributed by atoms with Crippen molar-refractivity contribution in [2.75, 3.05) is 75.1 Å². The molecule has 0 aliphatic carbocycles. The van der Waals surface area contributed by atoms with Crippen molar-refractivity contribution in [2.45, 2.75) is 57.5 Å². The molecule has 0 radical (unpaired) electrons. The SMILES string of the molecule is Cc1cc(Nc2nc(NC3CCOCC3)c(-c3ccn[nH]3)nc2C(N)=O)ccc1N1CCC(N2CCC3(CC2)CN(C)C3)CC1. The standard InChI is InChI=1S/C33H46N10O2/c1-22-19-24(3-4-27(22)43-13-6-25(7-14-43)42-15-10-33(11-16-42)20-41(2)21-33)37-32-29(30(34)44)38-28(26-5-12-35-40-26)31(39-32)36-23-8-17-45-18-9-23/h3-5,12,19,23,25H,6-11,13-18,20-21H2,1-2H3,(H2,34,44)(H,35,40)(H2,36,37,39). The van der Waals surface area contributed by atoms with Gasteiger partial charge in [-0.15, -0.1) is 0 Å². The average Bonchev–Trinajstić information content (AvgIpc) is 3.57. The van der Waals surface area contributed by atoms with Gasteiger partial charge in [0.15, 0.2) is 17.3 Å². The number of anilines is 4. The molecule has 0 unspecified atom stereocenters. The first kappa shape index (κ1) is 29.9. The van der Waals surface area contributed by atoms with Gasteiger partial charge in [-0.25, -0.2) is 9.97 Å². The first-order valence-corrected chi connectivity index (χ1v) is 16.5. The Bertz CT molecular complexity index is 1480. The van der Waals surface area contributed by atoms with Crippen LogP contribution in [0.1, 0.15) is 54.6 Å². The van der Waals surface area contributed by atoms with Crippen molar-refractivity contribution in [1.82, 2.24) is 30.0 Å². The van der Waals surface area contributed by atoms with E-state index in [9.17, 15) is 4.79 Å². The van der Waals surface area contributed by atoms with Crippen LogP contribution in [0.5, 0.6) is 0 Å². The summed E-state index contributed by atoms with van der Waals surface area (Å²) in [6.07, 6.45) is 8.48. The van der Waals surface area contributed by atoms with Gasteiger partial charge in [-0.05, 0) is 101 Å². The van der Waals surface area contributed by atoms with Crippen LogP contribution in [0, 0.1) is 12.3 Å². The molecule has 2 aromatic heterocycles. The van der Waals surface area contributed by atoms with Crippen molar-refractivity contribution in [3.05, 3.63) is 41.7 Å². The molecule has 12 nitrogen and oxygen atoms in total. The number of carbonyl (C=O) groups excluding carboxylic acids is 1. The van der Waals surface area contributed by atoms with Gasteiger partial charge in [-0.3, -0.25) is 9.89 Å². The fraction of sp³-hybridized carbons (Fsp3) is 0.576. The summed E-state index contributed by atoms with van der Waals surface area (Å²) in [6.45, 7) is 10.7. The molecule has 4 aliphatic rings. The number of likely N-dealkylation sites (tertiary alicyclic amines) is 2. The highest BCUT2D eigenvalue weighted by Crippen LogP contribution is 2.41. The number of aromatic nitrogens is 4. The molecule has 45 heavy (non-hydrogen) atoms. The molecule has 1 amide bonds. The molecule has 0 bridgehead atoms. The minimum absolute atomic E-state index is 0.0777. The normalized spacial score (nSPS) is 21.5. The number of aromatic amines is 1. The number of nitrogens with zero attached hydrogens (tertiary/aromatic N) is 6. The van der Waals surface area contributed by atoms with E-state index in [1.165, 1.54) is 63.1 Å². The number of amides is 1. The zero-order valence-corrected chi connectivity index (χ0v) is 26.5. The van der Waals surface area contributed by atoms with Crippen molar-refractivity contribution in [3.63, 3.8) is 0 Å². The highest BCUT2D eigenvalue weighted by Gasteiger charge is 2.44. The first-order valence-electron chi connectivity index (χ1n) is 16.5. The zero-order chi connectivity index (χ0) is 31.0. The maximum absolute atomic E-state index is 12.6. The molecular weight excluding hydrogens is 568 g/mol. The molecule has 12 heteroatoms. The summed E-state index contributed by atoms with van der Waals surface area (Å²) in [4.78, 5) is 29.9. The summed E-state index contributed by atoms with van der Waals surface area (Å²) in [7, 11) is 2.24. The van der Waals surface area contributed by atoms with Gasteiger partial charge in [0.25, 0.3) is 5.91 Å². The number of nitrogens with two attached hydrogens (primary N) is 1. The van der Waals surface area contributed by atoms with Gasteiger partial charge in [0.2, 0.25) is 0 Å². The molecule has 4 aliphatic heterocycles. The van der Waals surface area contributed by atoms with Crippen molar-refractivity contribution in [2.24, 2.45) is 11.1 Å². The van der Waals surface area contributed by atoms with Crippen LogP contribution in [0.15, 0.2) is 30.5 Å². The van der Waals surface area contributed by atoms with Crippen LogP contribution in [0.25, 0.3) is 11.4 Å². The maximum Gasteiger partial charge on any atom is 0.271 e. The van der Waals surface area contributed by atoms with Gasteiger partial charge >= 0.3 is 0 Å². The van der Waals surface area contributed by atoms with E-state index < -0.39 is 5.91 Å². The van der Waals surface area contributed by atoms with E-state index in [4.69, 9.17) is 15.5 Å². The maximum atomic E-state index is 12.6. The van der Waals surface area contributed by atoms with E-state index >= 15 is 0 Å². The lowest BCUT2D eigenvalue weighted by Crippen LogP contribution is -2.60. The Morgan fingerprint density at radius 2 is 1.78 bits per heavy atom. The second-order valence-corrected chi connectivity index (χ2v) is 13.5. The summed E-state index contributed by atoms with van der Waals surface area (Å²) in [5, 5.41) is 13.9. The van der Waals surface area contributed by atoms with Crippen LogP contribution in [0.3, 0.4) is 0 Å². The number of ether oxygens (including phenoxy) is 1. The summed E-state index contributed by atoms with van der Waals surface area (Å²) in [6, 6.07) is 9.02. The molecule has 4 saturated heterocycles. The molecule has 5 N–H and O–H groups in total. The van der Waals surface area contributed by atoms with Crippen LogP contribution < -0.4 is 21.3 Å². The number of hydrogen-bond acceptors (Lipinski definition) is 10. The Morgan fingerprint density at radius 1 is 1.02 bits per heavy atom. The quantitative estimate of drug-likeness (QED) is 0.298. The van der Waals surface area contributed by atoms with Crippen molar-refractivity contribution >= 4 is 28.9 Å². The zero-order valence-electron chi connectivity index (χ0n) is 26.5. The van der Waals surface area contributed by atoms with Gasteiger partial charge < -0.3 is 35.8 Å². The fourth-order valence-electron chi connectivity index (χ4n) is 7.88. The predicted molar refractivity (Wildman–Crippen MR) is 176 cm³/mol. The number of rotatable bonds is 8. The monoisotopic (exact) mass is 614 g/mol. The molecule has 7 rings (SSSR count). The van der Waals surface area contributed by atoms with E-state index in [0.29, 0.717) is 47.7 Å². The Morgan fingerprint density at radius 3 is 2.42 bits per heavy atom. The largest absolute Gasteiger partial charge is 0.381 e. The minimum Gasteiger partial charge on any atom is -0.381 e. The summed E-state index contributed by atoms with van der Waals surface area (Å²) >= 11 is 0. The second kappa shape index (κ2) is 12.6. The molecule has 1 aromatic carbocycles. The van der Waals surface area contributed by atoms with E-state index in [1.54, 1.807) is 12.3 Å². The van der Waals surface area contributed by atoms with E-state index in [0.717, 1.165) is 31.6 Å².